The van der Waals surface area contributed by atoms with Crippen molar-refractivity contribution in [3.8, 4) is 0 Å². The van der Waals surface area contributed by atoms with Gasteiger partial charge in [-0.1, -0.05) is 243 Å². The van der Waals surface area contributed by atoms with E-state index in [0.717, 1.165) is 89.9 Å². The first kappa shape index (κ1) is 65.9. The Bertz CT molecular complexity index is 1280. The van der Waals surface area contributed by atoms with Crippen LogP contribution in [-0.4, -0.2) is 99.6 Å². The highest BCUT2D eigenvalue weighted by Crippen LogP contribution is 2.26. The zero-order valence-electron chi connectivity index (χ0n) is 45.1. The lowest BCUT2D eigenvalue weighted by Gasteiger charge is -2.41. The van der Waals surface area contributed by atoms with Gasteiger partial charge in [0.1, 0.15) is 24.4 Å². The fraction of sp³-hybridized carbons (Fsp3) is 0.864. The van der Waals surface area contributed by atoms with Gasteiger partial charge in [-0.05, 0) is 51.4 Å². The van der Waals surface area contributed by atoms with Gasteiger partial charge in [0.2, 0.25) is 5.91 Å². The van der Waals surface area contributed by atoms with E-state index in [9.17, 15) is 35.1 Å². The van der Waals surface area contributed by atoms with E-state index in [1.54, 1.807) is 6.08 Å². The number of carbonyl (C=O) groups is 2. The first-order valence-electron chi connectivity index (χ1n) is 29.3. The number of hydrogen-bond donors (Lipinski definition) is 6. The second-order valence-electron chi connectivity index (χ2n) is 20.4. The van der Waals surface area contributed by atoms with Crippen molar-refractivity contribution >= 4 is 11.9 Å². The highest BCUT2D eigenvalue weighted by atomic mass is 16.7. The first-order chi connectivity index (χ1) is 34.2. The number of esters is 1. The molecule has 1 rings (SSSR count). The Kier molecular flexibility index (Phi) is 45.1. The molecule has 0 aromatic heterocycles. The Morgan fingerprint density at radius 2 is 1.03 bits per heavy atom. The number of aliphatic hydroxyl groups is 5. The highest BCUT2D eigenvalue weighted by Gasteiger charge is 2.47. The number of nitrogens with one attached hydrogen (secondary N) is 1. The summed E-state index contributed by atoms with van der Waals surface area (Å²) in [6, 6.07) is -1.02. The SMILES string of the molecule is CC/C=C/C/C=C/CCCCCCCCC(O)C(=O)NC(COC1OC(CO)C(O)C(O)C1OC(=O)CCCCCCCCCCCCCCCCC)C(O)/C=C/CCCCCCCCCCCCC. The molecule has 1 aliphatic rings. The van der Waals surface area contributed by atoms with Crippen molar-refractivity contribution in [1.29, 1.82) is 0 Å². The van der Waals surface area contributed by atoms with E-state index >= 15 is 0 Å². The van der Waals surface area contributed by atoms with E-state index in [-0.39, 0.29) is 19.4 Å². The number of hydrogen-bond acceptors (Lipinski definition) is 10. The predicted molar refractivity (Wildman–Crippen MR) is 287 cm³/mol. The van der Waals surface area contributed by atoms with Crippen LogP contribution in [0.25, 0.3) is 0 Å². The van der Waals surface area contributed by atoms with Gasteiger partial charge in [-0.25, -0.2) is 0 Å². The minimum Gasteiger partial charge on any atom is -0.454 e. The number of ether oxygens (including phenoxy) is 3. The molecule has 0 radical (unpaired) electrons. The molecule has 0 spiro atoms. The maximum atomic E-state index is 13.4. The standard InChI is InChI=1S/C59H109NO10/c1-4-7-10-13-16-19-22-25-26-29-32-35-38-41-44-47-54(64)70-57-56(66)55(65)53(48-61)69-59(57)68-49-50(51(62)45-42-39-36-33-30-27-23-20-17-14-11-8-5-2)60-58(67)52(63)46-43-40-37-34-31-28-24-21-18-15-12-9-6-3/h9,12,18,21,42,45,50-53,55-57,59,61-63,65-66H,4-8,10-11,13-17,19-20,22-41,43-44,46-49H2,1-3H3,(H,60,67)/b12-9+,21-18+,45-42+. The molecule has 410 valence electrons. The lowest BCUT2D eigenvalue weighted by atomic mass is 9.99. The van der Waals surface area contributed by atoms with Crippen LogP contribution in [0.1, 0.15) is 265 Å². The Morgan fingerprint density at radius 3 is 1.53 bits per heavy atom. The van der Waals surface area contributed by atoms with Gasteiger partial charge in [-0.15, -0.1) is 0 Å². The van der Waals surface area contributed by atoms with E-state index in [0.29, 0.717) is 12.8 Å². The molecule has 0 aromatic carbocycles. The van der Waals surface area contributed by atoms with Gasteiger partial charge < -0.3 is 45.1 Å². The largest absolute Gasteiger partial charge is 0.454 e. The maximum absolute atomic E-state index is 13.4. The quantitative estimate of drug-likeness (QED) is 0.0195. The van der Waals surface area contributed by atoms with Crippen molar-refractivity contribution in [2.75, 3.05) is 13.2 Å². The molecule has 0 saturated carbocycles. The van der Waals surface area contributed by atoms with E-state index in [4.69, 9.17) is 14.2 Å². The molecule has 70 heavy (non-hydrogen) atoms. The summed E-state index contributed by atoms with van der Waals surface area (Å²) < 4.78 is 17.6. The van der Waals surface area contributed by atoms with Gasteiger partial charge in [0.25, 0.3) is 0 Å². The third kappa shape index (κ3) is 35.9. The zero-order valence-corrected chi connectivity index (χ0v) is 45.1. The van der Waals surface area contributed by atoms with Crippen LogP contribution in [-0.2, 0) is 23.8 Å². The van der Waals surface area contributed by atoms with Crippen molar-refractivity contribution in [1.82, 2.24) is 5.32 Å². The summed E-state index contributed by atoms with van der Waals surface area (Å²) in [4.78, 5) is 26.4. The molecule has 1 saturated heterocycles. The molecule has 6 N–H and O–H groups in total. The molecule has 11 heteroatoms. The van der Waals surface area contributed by atoms with Gasteiger partial charge >= 0.3 is 5.97 Å². The van der Waals surface area contributed by atoms with E-state index < -0.39 is 67.4 Å². The summed E-state index contributed by atoms with van der Waals surface area (Å²) in [6.07, 6.45) is 44.7. The van der Waals surface area contributed by atoms with Crippen molar-refractivity contribution in [2.24, 2.45) is 0 Å². The Morgan fingerprint density at radius 1 is 0.571 bits per heavy atom. The van der Waals surface area contributed by atoms with Gasteiger partial charge in [0.05, 0.1) is 25.4 Å². The fourth-order valence-electron chi connectivity index (χ4n) is 9.16. The van der Waals surface area contributed by atoms with Gasteiger partial charge in [-0.2, -0.15) is 0 Å². The van der Waals surface area contributed by atoms with Crippen LogP contribution >= 0.6 is 0 Å². The zero-order chi connectivity index (χ0) is 51.1. The number of aliphatic hydroxyl groups excluding tert-OH is 5. The number of carbonyl (C=O) groups excluding carboxylic acids is 2. The molecule has 0 aromatic rings. The number of amides is 1. The average Bonchev–Trinajstić information content (AvgIpc) is 3.36. The first-order valence-corrected chi connectivity index (χ1v) is 29.3. The van der Waals surface area contributed by atoms with Crippen LogP contribution in [0.5, 0.6) is 0 Å². The normalized spacial score (nSPS) is 19.9. The molecular weight excluding hydrogens is 883 g/mol. The van der Waals surface area contributed by atoms with Crippen LogP contribution in [0, 0.1) is 0 Å². The lowest BCUT2D eigenvalue weighted by Crippen LogP contribution is -2.61. The average molecular weight is 993 g/mol. The minimum atomic E-state index is -1.61. The van der Waals surface area contributed by atoms with Crippen molar-refractivity contribution in [3.63, 3.8) is 0 Å². The molecule has 1 amide bonds. The van der Waals surface area contributed by atoms with Gasteiger partial charge in [0, 0.05) is 6.42 Å². The van der Waals surface area contributed by atoms with E-state index in [2.05, 4.69) is 50.4 Å². The Labute approximate surface area is 428 Å². The summed E-state index contributed by atoms with van der Waals surface area (Å²) >= 11 is 0. The molecule has 1 aliphatic heterocycles. The van der Waals surface area contributed by atoms with Crippen LogP contribution in [0.4, 0.5) is 0 Å². The van der Waals surface area contributed by atoms with Crippen LogP contribution in [0.3, 0.4) is 0 Å². The summed E-state index contributed by atoms with van der Waals surface area (Å²) in [6.45, 7) is 5.68. The lowest BCUT2D eigenvalue weighted by molar-refractivity contribution is -0.305. The van der Waals surface area contributed by atoms with Crippen LogP contribution in [0.2, 0.25) is 0 Å². The molecule has 8 unspecified atom stereocenters. The number of rotatable bonds is 49. The summed E-state index contributed by atoms with van der Waals surface area (Å²) in [5.41, 5.74) is 0. The predicted octanol–water partition coefficient (Wildman–Crippen LogP) is 13.1. The van der Waals surface area contributed by atoms with Gasteiger partial charge in [0.15, 0.2) is 12.4 Å². The summed E-state index contributed by atoms with van der Waals surface area (Å²) in [5, 5.41) is 56.8. The summed E-state index contributed by atoms with van der Waals surface area (Å²) in [5.74, 6) is -1.20. The Hall–Kier alpha value is -2.12. The maximum Gasteiger partial charge on any atom is 0.306 e. The van der Waals surface area contributed by atoms with Crippen molar-refractivity contribution in [2.45, 2.75) is 314 Å². The van der Waals surface area contributed by atoms with E-state index in [1.165, 1.54) is 128 Å². The third-order valence-corrected chi connectivity index (χ3v) is 13.8. The van der Waals surface area contributed by atoms with Crippen molar-refractivity contribution < 1.29 is 49.3 Å². The minimum absolute atomic E-state index is 0.127. The topological polar surface area (TPSA) is 175 Å². The molecule has 11 nitrogen and oxygen atoms in total. The monoisotopic (exact) mass is 992 g/mol. The molecule has 1 fully saturated rings. The van der Waals surface area contributed by atoms with Crippen LogP contribution in [0.15, 0.2) is 36.5 Å². The third-order valence-electron chi connectivity index (χ3n) is 13.8. The molecule has 0 bridgehead atoms. The van der Waals surface area contributed by atoms with Crippen molar-refractivity contribution in [3.05, 3.63) is 36.5 Å². The molecule has 8 atom stereocenters. The van der Waals surface area contributed by atoms with Gasteiger partial charge in [-0.3, -0.25) is 9.59 Å². The Balaban J connectivity index is 2.73. The second-order valence-corrected chi connectivity index (χ2v) is 20.4. The number of unbranched alkanes of at least 4 members (excludes halogenated alkanes) is 31. The molecule has 1 heterocycles. The smallest absolute Gasteiger partial charge is 0.306 e. The van der Waals surface area contributed by atoms with E-state index in [1.807, 2.05) is 6.08 Å². The van der Waals surface area contributed by atoms with Crippen LogP contribution < -0.4 is 5.32 Å². The number of allylic oxidation sites excluding steroid dienone is 5. The molecule has 0 aliphatic carbocycles. The summed E-state index contributed by atoms with van der Waals surface area (Å²) in [7, 11) is 0. The second kappa shape index (κ2) is 47.9. The molecular formula is C59H109NO10. The fourth-order valence-corrected chi connectivity index (χ4v) is 9.16. The highest BCUT2D eigenvalue weighted by molar-refractivity contribution is 5.80.